The largest absolute Gasteiger partial charge is 0.507 e. The molecule has 2 aromatic rings. The molecule has 0 radical (unpaired) electrons. The zero-order valence-corrected chi connectivity index (χ0v) is 13.3. The van der Waals surface area contributed by atoms with Gasteiger partial charge in [0, 0.05) is 11.4 Å². The molecule has 20 heavy (non-hydrogen) atoms. The van der Waals surface area contributed by atoms with Gasteiger partial charge in [-0.2, -0.15) is 0 Å². The molecule has 1 N–H and O–H groups in total. The van der Waals surface area contributed by atoms with Crippen molar-refractivity contribution in [3.8, 4) is 5.75 Å². The van der Waals surface area contributed by atoms with Gasteiger partial charge in [-0.05, 0) is 46.7 Å². The van der Waals surface area contributed by atoms with E-state index in [9.17, 15) is 5.11 Å². The maximum atomic E-state index is 10.1. The van der Waals surface area contributed by atoms with Crippen molar-refractivity contribution in [2.24, 2.45) is 0 Å². The van der Waals surface area contributed by atoms with Crippen molar-refractivity contribution in [3.63, 3.8) is 0 Å². The van der Waals surface area contributed by atoms with Crippen molar-refractivity contribution in [2.75, 3.05) is 0 Å². The maximum absolute atomic E-state index is 10.1. The smallest absolute Gasteiger partial charge is 0.122 e. The van der Waals surface area contributed by atoms with Crippen LogP contribution in [0.1, 0.15) is 43.0 Å². The number of halogens is 1. The van der Waals surface area contributed by atoms with Crippen molar-refractivity contribution in [3.05, 3.63) is 63.7 Å². The van der Waals surface area contributed by atoms with Gasteiger partial charge in [-0.15, -0.1) is 0 Å². The first-order chi connectivity index (χ1) is 9.27. The van der Waals surface area contributed by atoms with Crippen LogP contribution in [0.25, 0.3) is 0 Å². The van der Waals surface area contributed by atoms with Gasteiger partial charge >= 0.3 is 0 Å². The van der Waals surface area contributed by atoms with E-state index in [1.807, 2.05) is 13.0 Å². The van der Waals surface area contributed by atoms with E-state index in [4.69, 9.17) is 11.6 Å². The molecule has 0 spiro atoms. The molecule has 0 heterocycles. The minimum absolute atomic E-state index is 0.160. The summed E-state index contributed by atoms with van der Waals surface area (Å²) in [6.45, 7) is 8.48. The SMILES string of the molecule is Cc1cc(Cl)cc(Cc2ccc(C(C)(C)C)cc2)c1O. The number of aromatic hydroxyl groups is 1. The van der Waals surface area contributed by atoms with Gasteiger partial charge in [-0.1, -0.05) is 56.6 Å². The third-order valence-corrected chi connectivity index (χ3v) is 3.78. The van der Waals surface area contributed by atoms with Gasteiger partial charge in [0.05, 0.1) is 0 Å². The lowest BCUT2D eigenvalue weighted by molar-refractivity contribution is 0.465. The van der Waals surface area contributed by atoms with Crippen LogP contribution < -0.4 is 0 Å². The lowest BCUT2D eigenvalue weighted by Gasteiger charge is -2.19. The second-order valence-electron chi connectivity index (χ2n) is 6.35. The van der Waals surface area contributed by atoms with E-state index >= 15 is 0 Å². The molecule has 0 aliphatic rings. The summed E-state index contributed by atoms with van der Waals surface area (Å²) in [6, 6.07) is 12.2. The molecule has 2 rings (SSSR count). The van der Waals surface area contributed by atoms with Crippen LogP contribution in [-0.4, -0.2) is 5.11 Å². The Labute approximate surface area is 126 Å². The van der Waals surface area contributed by atoms with Gasteiger partial charge in [-0.3, -0.25) is 0 Å². The van der Waals surface area contributed by atoms with Crippen LogP contribution in [-0.2, 0) is 11.8 Å². The zero-order valence-electron chi connectivity index (χ0n) is 12.5. The Morgan fingerprint density at radius 1 is 1.05 bits per heavy atom. The highest BCUT2D eigenvalue weighted by Gasteiger charge is 2.13. The monoisotopic (exact) mass is 288 g/mol. The number of hydrogen-bond donors (Lipinski definition) is 1. The quantitative estimate of drug-likeness (QED) is 0.801. The van der Waals surface area contributed by atoms with Crippen LogP contribution in [0, 0.1) is 6.92 Å². The molecule has 2 heteroatoms. The van der Waals surface area contributed by atoms with Crippen LogP contribution in [0.4, 0.5) is 0 Å². The van der Waals surface area contributed by atoms with E-state index in [2.05, 4.69) is 45.0 Å². The first-order valence-corrected chi connectivity index (χ1v) is 7.22. The standard InChI is InChI=1S/C18H21ClO/c1-12-9-16(19)11-14(17(12)20)10-13-5-7-15(8-6-13)18(2,3)4/h5-9,11,20H,10H2,1-4H3. The van der Waals surface area contributed by atoms with E-state index in [0.29, 0.717) is 17.2 Å². The molecule has 2 aromatic carbocycles. The summed E-state index contributed by atoms with van der Waals surface area (Å²) < 4.78 is 0. The van der Waals surface area contributed by atoms with Crippen LogP contribution in [0.2, 0.25) is 5.02 Å². The molecule has 0 aliphatic carbocycles. The molecule has 0 fully saturated rings. The Kier molecular flexibility index (Phi) is 4.10. The van der Waals surface area contributed by atoms with Crippen LogP contribution >= 0.6 is 11.6 Å². The topological polar surface area (TPSA) is 20.2 Å². The molecule has 106 valence electrons. The van der Waals surface area contributed by atoms with Gasteiger partial charge in [0.15, 0.2) is 0 Å². The highest BCUT2D eigenvalue weighted by atomic mass is 35.5. The summed E-state index contributed by atoms with van der Waals surface area (Å²) in [5.74, 6) is 0.342. The third kappa shape index (κ3) is 3.34. The van der Waals surface area contributed by atoms with Crippen molar-refractivity contribution >= 4 is 11.6 Å². The summed E-state index contributed by atoms with van der Waals surface area (Å²) in [6.07, 6.45) is 0.692. The first-order valence-electron chi connectivity index (χ1n) is 6.85. The van der Waals surface area contributed by atoms with E-state index in [1.165, 1.54) is 11.1 Å². The number of aryl methyl sites for hydroxylation is 1. The lowest BCUT2D eigenvalue weighted by atomic mass is 9.86. The van der Waals surface area contributed by atoms with E-state index < -0.39 is 0 Å². The van der Waals surface area contributed by atoms with Gasteiger partial charge < -0.3 is 5.11 Å². The van der Waals surface area contributed by atoms with Gasteiger partial charge in [0.1, 0.15) is 5.75 Å². The predicted octanol–water partition coefficient (Wildman–Crippen LogP) is 5.24. The van der Waals surface area contributed by atoms with E-state index in [-0.39, 0.29) is 5.41 Å². The summed E-state index contributed by atoms with van der Waals surface area (Å²) in [5.41, 5.74) is 4.34. The lowest BCUT2D eigenvalue weighted by Crippen LogP contribution is -2.10. The predicted molar refractivity (Wildman–Crippen MR) is 85.8 cm³/mol. The second kappa shape index (κ2) is 5.49. The average Bonchev–Trinajstić information content (AvgIpc) is 2.35. The number of phenolic OH excluding ortho intramolecular Hbond substituents is 1. The third-order valence-electron chi connectivity index (χ3n) is 3.56. The highest BCUT2D eigenvalue weighted by molar-refractivity contribution is 6.30. The van der Waals surface area contributed by atoms with E-state index in [0.717, 1.165) is 11.1 Å². The van der Waals surface area contributed by atoms with E-state index in [1.54, 1.807) is 6.07 Å². The number of hydrogen-bond acceptors (Lipinski definition) is 1. The number of benzene rings is 2. The van der Waals surface area contributed by atoms with Crippen LogP contribution in [0.15, 0.2) is 36.4 Å². The van der Waals surface area contributed by atoms with Crippen LogP contribution in [0.3, 0.4) is 0 Å². The Bertz CT molecular complexity index is 607. The van der Waals surface area contributed by atoms with Crippen LogP contribution in [0.5, 0.6) is 5.75 Å². The Morgan fingerprint density at radius 2 is 1.65 bits per heavy atom. The Balaban J connectivity index is 2.27. The molecule has 0 amide bonds. The molecule has 0 saturated heterocycles. The number of rotatable bonds is 2. The first kappa shape index (κ1) is 14.9. The van der Waals surface area contributed by atoms with Gasteiger partial charge in [-0.25, -0.2) is 0 Å². The highest BCUT2D eigenvalue weighted by Crippen LogP contribution is 2.29. The number of phenols is 1. The van der Waals surface area contributed by atoms with Crippen molar-refractivity contribution in [2.45, 2.75) is 39.5 Å². The normalized spacial score (nSPS) is 11.7. The fourth-order valence-corrected chi connectivity index (χ4v) is 2.58. The maximum Gasteiger partial charge on any atom is 0.122 e. The molecule has 0 unspecified atom stereocenters. The molecular formula is C18H21ClO. The summed E-state index contributed by atoms with van der Waals surface area (Å²) >= 11 is 6.06. The zero-order chi connectivity index (χ0) is 14.9. The molecular weight excluding hydrogens is 268 g/mol. The average molecular weight is 289 g/mol. The Morgan fingerprint density at radius 3 is 2.20 bits per heavy atom. The molecule has 1 nitrogen and oxygen atoms in total. The summed E-state index contributed by atoms with van der Waals surface area (Å²) in [7, 11) is 0. The minimum atomic E-state index is 0.160. The summed E-state index contributed by atoms with van der Waals surface area (Å²) in [5, 5.41) is 10.8. The van der Waals surface area contributed by atoms with Crippen molar-refractivity contribution in [1.29, 1.82) is 0 Å². The van der Waals surface area contributed by atoms with Crippen molar-refractivity contribution in [1.82, 2.24) is 0 Å². The molecule has 0 saturated carbocycles. The molecule has 0 aromatic heterocycles. The second-order valence-corrected chi connectivity index (χ2v) is 6.79. The molecule has 0 aliphatic heterocycles. The fraction of sp³-hybridized carbons (Fsp3) is 0.333. The molecule has 0 bridgehead atoms. The van der Waals surface area contributed by atoms with Crippen molar-refractivity contribution < 1.29 is 5.11 Å². The van der Waals surface area contributed by atoms with Gasteiger partial charge in [0.2, 0.25) is 0 Å². The van der Waals surface area contributed by atoms with Gasteiger partial charge in [0.25, 0.3) is 0 Å². The molecule has 0 atom stereocenters. The fourth-order valence-electron chi connectivity index (χ4n) is 2.28. The minimum Gasteiger partial charge on any atom is -0.507 e. The summed E-state index contributed by atoms with van der Waals surface area (Å²) in [4.78, 5) is 0. The Hall–Kier alpha value is -1.47.